The van der Waals surface area contributed by atoms with Crippen molar-refractivity contribution in [3.8, 4) is 5.75 Å². The van der Waals surface area contributed by atoms with Crippen LogP contribution in [0.1, 0.15) is 95.7 Å². The number of amides is 3. The second kappa shape index (κ2) is 17.4. The molecule has 51 heavy (non-hydrogen) atoms. The summed E-state index contributed by atoms with van der Waals surface area (Å²) in [5, 5.41) is 15.6. The number of hydrogen-bond acceptors (Lipinski definition) is 7. The van der Waals surface area contributed by atoms with E-state index < -0.39 is 59.2 Å². The zero-order chi connectivity index (χ0) is 38.1. The Morgan fingerprint density at radius 2 is 1.31 bits per heavy atom. The monoisotopic (exact) mass is 701 g/mol. The first-order valence-corrected chi connectivity index (χ1v) is 17.5. The lowest BCUT2D eigenvalue weighted by molar-refractivity contribution is -0.159. The summed E-state index contributed by atoms with van der Waals surface area (Å²) in [7, 11) is 0. The van der Waals surface area contributed by atoms with Crippen molar-refractivity contribution >= 4 is 23.9 Å². The summed E-state index contributed by atoms with van der Waals surface area (Å²) in [5.41, 5.74) is 2.17. The van der Waals surface area contributed by atoms with Gasteiger partial charge in [-0.1, -0.05) is 67.6 Å². The first-order chi connectivity index (χ1) is 23.8. The lowest BCUT2D eigenvalue weighted by atomic mass is 9.92. The Kier molecular flexibility index (Phi) is 13.8. The highest BCUT2D eigenvalue weighted by Crippen LogP contribution is 2.31. The van der Waals surface area contributed by atoms with E-state index in [4.69, 9.17) is 9.47 Å². The van der Waals surface area contributed by atoms with Crippen molar-refractivity contribution in [3.63, 3.8) is 0 Å². The maximum Gasteiger partial charge on any atom is 0.408 e. The highest BCUT2D eigenvalue weighted by Gasteiger charge is 2.41. The molecule has 0 spiro atoms. The zero-order valence-corrected chi connectivity index (χ0v) is 31.7. The van der Waals surface area contributed by atoms with Gasteiger partial charge in [0.2, 0.25) is 11.8 Å². The van der Waals surface area contributed by atoms with Crippen LogP contribution in [-0.4, -0.2) is 63.2 Å². The molecule has 10 heteroatoms. The summed E-state index contributed by atoms with van der Waals surface area (Å²) in [4.78, 5) is 58.1. The average molecular weight is 702 g/mol. The first-order valence-electron chi connectivity index (χ1n) is 17.5. The van der Waals surface area contributed by atoms with E-state index in [1.165, 1.54) is 17.0 Å². The largest absolute Gasteiger partial charge is 0.508 e. The number of phenols is 1. The minimum absolute atomic E-state index is 0.0565. The van der Waals surface area contributed by atoms with Crippen molar-refractivity contribution in [1.29, 1.82) is 0 Å². The summed E-state index contributed by atoms with van der Waals surface area (Å²) < 4.78 is 11.3. The van der Waals surface area contributed by atoms with Gasteiger partial charge in [-0.3, -0.25) is 9.59 Å². The summed E-state index contributed by atoms with van der Waals surface area (Å²) in [5.74, 6) is -1.62. The van der Waals surface area contributed by atoms with Gasteiger partial charge in [-0.05, 0) is 109 Å². The minimum atomic E-state index is -1.18. The molecule has 0 heterocycles. The maximum atomic E-state index is 15.0. The number of aromatic hydroxyl groups is 1. The summed E-state index contributed by atoms with van der Waals surface area (Å²) >= 11 is 0. The van der Waals surface area contributed by atoms with E-state index in [9.17, 15) is 24.3 Å². The summed E-state index contributed by atoms with van der Waals surface area (Å²) in [6.07, 6.45) is -0.0781. The Bertz CT molecular complexity index is 1640. The van der Waals surface area contributed by atoms with E-state index in [0.717, 1.165) is 16.7 Å². The first kappa shape index (κ1) is 40.6. The summed E-state index contributed by atoms with van der Waals surface area (Å²) in [6.45, 7) is 18.1. The molecular weight excluding hydrogens is 646 g/mol. The van der Waals surface area contributed by atoms with Crippen LogP contribution in [0.3, 0.4) is 0 Å². The molecule has 0 saturated carbocycles. The van der Waals surface area contributed by atoms with Crippen molar-refractivity contribution in [2.45, 2.75) is 124 Å². The second-order valence-electron chi connectivity index (χ2n) is 15.0. The Hall–Kier alpha value is -4.86. The summed E-state index contributed by atoms with van der Waals surface area (Å²) in [6, 6.07) is 17.4. The number of nitrogens with one attached hydrogen (secondary N) is 2. The average Bonchev–Trinajstić information content (AvgIpc) is 3.03. The second-order valence-corrected chi connectivity index (χ2v) is 15.0. The van der Waals surface area contributed by atoms with Crippen molar-refractivity contribution in [2.24, 2.45) is 0 Å². The molecule has 0 fully saturated rings. The lowest BCUT2D eigenvalue weighted by Crippen LogP contribution is -2.57. The highest BCUT2D eigenvalue weighted by atomic mass is 16.6. The van der Waals surface area contributed by atoms with Gasteiger partial charge in [0.25, 0.3) is 0 Å². The van der Waals surface area contributed by atoms with E-state index in [-0.39, 0.29) is 18.6 Å². The maximum absolute atomic E-state index is 15.0. The smallest absolute Gasteiger partial charge is 0.408 e. The number of ether oxygens (including phenoxy) is 2. The number of carbonyl (C=O) groups is 4. The van der Waals surface area contributed by atoms with Gasteiger partial charge in [0.15, 0.2) is 0 Å². The number of carbonyl (C=O) groups excluding carboxylic acids is 4. The molecule has 0 aromatic heterocycles. The molecule has 0 saturated heterocycles. The molecule has 0 aliphatic carbocycles. The van der Waals surface area contributed by atoms with E-state index >= 15 is 0 Å². The molecular formula is C41H55N3O7. The molecule has 3 aromatic carbocycles. The van der Waals surface area contributed by atoms with Gasteiger partial charge < -0.3 is 30.1 Å². The van der Waals surface area contributed by atoms with Gasteiger partial charge in [0, 0.05) is 18.9 Å². The van der Waals surface area contributed by atoms with Gasteiger partial charge in [-0.25, -0.2) is 9.59 Å². The molecule has 0 aliphatic heterocycles. The van der Waals surface area contributed by atoms with E-state index in [2.05, 4.69) is 10.6 Å². The van der Waals surface area contributed by atoms with Crippen molar-refractivity contribution < 1.29 is 33.8 Å². The highest BCUT2D eigenvalue weighted by molar-refractivity contribution is 5.94. The number of nitrogens with zero attached hydrogens (tertiary/aromatic N) is 1. The van der Waals surface area contributed by atoms with E-state index in [1.807, 2.05) is 76.2 Å². The van der Waals surface area contributed by atoms with Gasteiger partial charge in [0.05, 0.1) is 0 Å². The molecule has 4 unspecified atom stereocenters. The van der Waals surface area contributed by atoms with Crippen LogP contribution in [0.25, 0.3) is 0 Å². The van der Waals surface area contributed by atoms with Crippen molar-refractivity contribution in [2.75, 3.05) is 0 Å². The Labute approximate surface area is 302 Å². The molecule has 276 valence electrons. The minimum Gasteiger partial charge on any atom is -0.508 e. The molecule has 3 N–H and O–H groups in total. The number of benzene rings is 3. The van der Waals surface area contributed by atoms with Crippen molar-refractivity contribution in [1.82, 2.24) is 15.5 Å². The lowest BCUT2D eigenvalue weighted by Gasteiger charge is -2.39. The van der Waals surface area contributed by atoms with Crippen LogP contribution in [0.5, 0.6) is 5.75 Å². The quantitative estimate of drug-likeness (QED) is 0.165. The van der Waals surface area contributed by atoms with Gasteiger partial charge in [-0.15, -0.1) is 0 Å². The van der Waals surface area contributed by atoms with Crippen molar-refractivity contribution in [3.05, 3.63) is 101 Å². The fourth-order valence-corrected chi connectivity index (χ4v) is 5.65. The molecule has 0 radical (unpaired) electrons. The SMILES string of the molecule is CCC(C)N(C(=O)C(Cc1ccc(O)cc1)NC(=O)OC(C)(C)C)C(C(=O)NC(Cc1ccccc1)C(=O)OC(C)(C)C)c1cccc(C)c1C. The molecule has 4 atom stereocenters. The van der Waals surface area contributed by atoms with Gasteiger partial charge in [-0.2, -0.15) is 0 Å². The fraction of sp³-hybridized carbons (Fsp3) is 0.463. The number of aryl methyl sites for hydroxylation is 1. The van der Waals surface area contributed by atoms with Crippen LogP contribution in [-0.2, 0) is 36.7 Å². The Morgan fingerprint density at radius 1 is 0.745 bits per heavy atom. The molecule has 10 nitrogen and oxygen atoms in total. The van der Waals surface area contributed by atoms with E-state index in [0.29, 0.717) is 17.5 Å². The Balaban J connectivity index is 2.17. The number of rotatable bonds is 13. The predicted octanol–water partition coefficient (Wildman–Crippen LogP) is 6.88. The molecule has 3 amide bonds. The molecule has 0 bridgehead atoms. The van der Waals surface area contributed by atoms with Crippen LogP contribution in [0.15, 0.2) is 72.8 Å². The standard InChI is InChI=1S/C41H55N3O7/c1-11-27(3)44(37(47)33(43-39(49)51-41(8,9)10)24-30-20-22-31(45)23-21-30)35(32-19-15-16-26(2)28(32)4)36(46)42-34(38(48)50-40(5,6)7)25-29-17-13-12-14-18-29/h12-23,27,33-35,45H,11,24-25H2,1-10H3,(H,42,46)(H,43,49). The van der Waals surface area contributed by atoms with Crippen LogP contribution in [0.4, 0.5) is 4.79 Å². The third kappa shape index (κ3) is 12.2. The number of esters is 1. The predicted molar refractivity (Wildman–Crippen MR) is 198 cm³/mol. The van der Waals surface area contributed by atoms with Gasteiger partial charge in [0.1, 0.15) is 35.1 Å². The molecule has 3 aromatic rings. The van der Waals surface area contributed by atoms with Crippen LogP contribution in [0.2, 0.25) is 0 Å². The van der Waals surface area contributed by atoms with Gasteiger partial charge >= 0.3 is 12.1 Å². The number of hydrogen-bond donors (Lipinski definition) is 3. The zero-order valence-electron chi connectivity index (χ0n) is 31.7. The van der Waals surface area contributed by atoms with Crippen LogP contribution in [0, 0.1) is 13.8 Å². The molecule has 0 aliphatic rings. The third-order valence-electron chi connectivity index (χ3n) is 8.44. The normalized spacial score (nSPS) is 14.0. The number of phenolic OH excluding ortho intramolecular Hbond substituents is 1. The number of alkyl carbamates (subject to hydrolysis) is 1. The third-order valence-corrected chi connectivity index (χ3v) is 8.44. The fourth-order valence-electron chi connectivity index (χ4n) is 5.65. The molecule has 3 rings (SSSR count). The topological polar surface area (TPSA) is 134 Å². The van der Waals surface area contributed by atoms with E-state index in [1.54, 1.807) is 53.7 Å². The Morgan fingerprint density at radius 3 is 1.88 bits per heavy atom. The van der Waals surface area contributed by atoms with Crippen LogP contribution >= 0.6 is 0 Å². The van der Waals surface area contributed by atoms with Crippen LogP contribution < -0.4 is 10.6 Å².